The molecule has 1 aliphatic heterocycles. The van der Waals surface area contributed by atoms with Crippen molar-refractivity contribution in [2.45, 2.75) is 63.4 Å². The highest BCUT2D eigenvalue weighted by molar-refractivity contribution is 5.76. The molecule has 1 saturated heterocycles. The number of halogens is 3. The Morgan fingerprint density at radius 2 is 1.81 bits per heavy atom. The molecule has 1 aliphatic carbocycles. The van der Waals surface area contributed by atoms with E-state index in [2.05, 4.69) is 31.8 Å². The largest absolute Gasteiger partial charge is 0.573 e. The lowest BCUT2D eigenvalue weighted by Crippen LogP contribution is -2.41. The van der Waals surface area contributed by atoms with Crippen LogP contribution in [0, 0.1) is 5.92 Å². The van der Waals surface area contributed by atoms with Crippen molar-refractivity contribution in [1.29, 1.82) is 0 Å². The van der Waals surface area contributed by atoms with Crippen molar-refractivity contribution in [2.75, 3.05) is 30.4 Å². The molecule has 0 atom stereocenters. The predicted octanol–water partition coefficient (Wildman–Crippen LogP) is 5.14. The fourth-order valence-electron chi connectivity index (χ4n) is 5.11. The minimum atomic E-state index is -4.74. The molecule has 5 rings (SSSR count). The Morgan fingerprint density at radius 3 is 2.46 bits per heavy atom. The molecule has 3 aromatic rings. The van der Waals surface area contributed by atoms with Gasteiger partial charge in [0, 0.05) is 30.5 Å². The zero-order chi connectivity index (χ0) is 26.0. The molecule has 0 radical (unpaired) electrons. The summed E-state index contributed by atoms with van der Waals surface area (Å²) in [6.07, 6.45) is 2.58. The first-order valence-corrected chi connectivity index (χ1v) is 12.7. The van der Waals surface area contributed by atoms with E-state index in [-0.39, 0.29) is 17.3 Å². The number of anilines is 3. The van der Waals surface area contributed by atoms with E-state index >= 15 is 0 Å². The van der Waals surface area contributed by atoms with Gasteiger partial charge in [-0.15, -0.1) is 13.2 Å². The van der Waals surface area contributed by atoms with Gasteiger partial charge in [-0.25, -0.2) is 9.97 Å². The van der Waals surface area contributed by atoms with E-state index in [0.717, 1.165) is 38.5 Å². The SMILES string of the molecule is CC1(Nc2ncc3nc(Nc4ccc(OC(F)(F)F)cc4)n([C@H]4CC[C@@H](CN)CC4)c3n2)CCOCC1. The molecule has 0 spiro atoms. The van der Waals surface area contributed by atoms with E-state index < -0.39 is 6.36 Å². The third-order valence-electron chi connectivity index (χ3n) is 7.30. The second-order valence-corrected chi connectivity index (χ2v) is 10.1. The molecular formula is C25H32F3N7O2. The maximum Gasteiger partial charge on any atom is 0.573 e. The number of imidazole rings is 1. The van der Waals surface area contributed by atoms with Crippen LogP contribution in [0.1, 0.15) is 51.5 Å². The lowest BCUT2D eigenvalue weighted by Gasteiger charge is -2.34. The number of rotatable bonds is 7. The number of nitrogens with two attached hydrogens (primary N) is 1. The molecule has 2 aliphatic rings. The third kappa shape index (κ3) is 6.07. The number of nitrogens with zero attached hydrogens (tertiary/aromatic N) is 4. The Kier molecular flexibility index (Phi) is 7.13. The van der Waals surface area contributed by atoms with Crippen LogP contribution in [0.5, 0.6) is 5.75 Å². The summed E-state index contributed by atoms with van der Waals surface area (Å²) < 4.78 is 49.2. The summed E-state index contributed by atoms with van der Waals surface area (Å²) in [6.45, 7) is 4.20. The van der Waals surface area contributed by atoms with E-state index in [4.69, 9.17) is 20.4 Å². The first-order chi connectivity index (χ1) is 17.7. The number of benzene rings is 1. The van der Waals surface area contributed by atoms with Gasteiger partial charge in [-0.2, -0.15) is 4.98 Å². The van der Waals surface area contributed by atoms with E-state index in [1.165, 1.54) is 24.3 Å². The van der Waals surface area contributed by atoms with Crippen molar-refractivity contribution in [3.63, 3.8) is 0 Å². The molecule has 200 valence electrons. The van der Waals surface area contributed by atoms with Crippen LogP contribution in [0.3, 0.4) is 0 Å². The van der Waals surface area contributed by atoms with Gasteiger partial charge in [-0.3, -0.25) is 4.57 Å². The summed E-state index contributed by atoms with van der Waals surface area (Å²) in [6, 6.07) is 5.75. The van der Waals surface area contributed by atoms with Gasteiger partial charge in [-0.1, -0.05) is 0 Å². The van der Waals surface area contributed by atoms with Crippen LogP contribution < -0.4 is 21.1 Å². The molecule has 12 heteroatoms. The molecule has 1 aromatic carbocycles. The van der Waals surface area contributed by atoms with Crippen LogP contribution in [-0.4, -0.2) is 51.2 Å². The summed E-state index contributed by atoms with van der Waals surface area (Å²) in [5.74, 6) is 1.33. The maximum absolute atomic E-state index is 12.5. The van der Waals surface area contributed by atoms with Crippen molar-refractivity contribution in [3.8, 4) is 5.75 Å². The van der Waals surface area contributed by atoms with Gasteiger partial charge in [0.15, 0.2) is 5.65 Å². The molecule has 2 aromatic heterocycles. The van der Waals surface area contributed by atoms with Crippen molar-refractivity contribution in [2.24, 2.45) is 11.7 Å². The topological polar surface area (TPSA) is 112 Å². The third-order valence-corrected chi connectivity index (χ3v) is 7.30. The van der Waals surface area contributed by atoms with Crippen LogP contribution in [0.25, 0.3) is 11.2 Å². The lowest BCUT2D eigenvalue weighted by atomic mass is 9.86. The van der Waals surface area contributed by atoms with Crippen LogP contribution in [0.15, 0.2) is 30.5 Å². The van der Waals surface area contributed by atoms with Crippen LogP contribution >= 0.6 is 0 Å². The van der Waals surface area contributed by atoms with E-state index in [0.29, 0.717) is 54.4 Å². The highest BCUT2D eigenvalue weighted by Gasteiger charge is 2.32. The number of hydrogen-bond acceptors (Lipinski definition) is 8. The average Bonchev–Trinajstić information content (AvgIpc) is 3.21. The number of alkyl halides is 3. The number of fused-ring (bicyclic) bond motifs is 1. The van der Waals surface area contributed by atoms with Gasteiger partial charge < -0.3 is 25.8 Å². The Hall–Kier alpha value is -3.12. The van der Waals surface area contributed by atoms with Crippen LogP contribution in [0.4, 0.5) is 30.8 Å². The number of ether oxygens (including phenoxy) is 2. The number of aromatic nitrogens is 4. The van der Waals surface area contributed by atoms with E-state index in [9.17, 15) is 13.2 Å². The second kappa shape index (κ2) is 10.3. The minimum absolute atomic E-state index is 0.155. The zero-order valence-corrected chi connectivity index (χ0v) is 20.7. The maximum atomic E-state index is 12.5. The molecular weight excluding hydrogens is 487 g/mol. The minimum Gasteiger partial charge on any atom is -0.406 e. The fraction of sp³-hybridized carbons (Fsp3) is 0.560. The summed E-state index contributed by atoms with van der Waals surface area (Å²) in [4.78, 5) is 14.1. The Labute approximate surface area is 213 Å². The standard InChI is InChI=1S/C25H32F3N7O2/c1-24(10-12-36-13-11-24)34-22-30-15-20-21(33-22)35(18-6-2-16(14-29)3-7-18)23(32-20)31-17-4-8-19(9-5-17)37-25(26,27)28/h4-5,8-9,15-16,18H,2-3,6-7,10-14,29H2,1H3,(H,31,32)(H,30,33,34)/t16-,18+. The number of hydrogen-bond donors (Lipinski definition) is 3. The van der Waals surface area contributed by atoms with E-state index in [1.807, 2.05) is 0 Å². The molecule has 0 unspecified atom stereocenters. The van der Waals surface area contributed by atoms with Crippen molar-refractivity contribution >= 4 is 28.7 Å². The smallest absolute Gasteiger partial charge is 0.406 e. The quantitative estimate of drug-likeness (QED) is 0.394. The van der Waals surface area contributed by atoms with E-state index in [1.54, 1.807) is 6.20 Å². The zero-order valence-electron chi connectivity index (χ0n) is 20.7. The molecule has 1 saturated carbocycles. The summed E-state index contributed by atoms with van der Waals surface area (Å²) in [5.41, 5.74) is 7.70. The second-order valence-electron chi connectivity index (χ2n) is 10.1. The molecule has 0 amide bonds. The normalized spacial score (nSPS) is 22.1. The summed E-state index contributed by atoms with van der Waals surface area (Å²) >= 11 is 0. The molecule has 37 heavy (non-hydrogen) atoms. The first-order valence-electron chi connectivity index (χ1n) is 12.7. The van der Waals surface area contributed by atoms with Crippen molar-refractivity contribution < 1.29 is 22.6 Å². The van der Waals surface area contributed by atoms with Crippen LogP contribution in [-0.2, 0) is 4.74 Å². The molecule has 4 N–H and O–H groups in total. The Morgan fingerprint density at radius 1 is 1.11 bits per heavy atom. The first kappa shape index (κ1) is 25.5. The Balaban J connectivity index is 1.45. The average molecular weight is 520 g/mol. The van der Waals surface area contributed by atoms with Gasteiger partial charge in [0.2, 0.25) is 11.9 Å². The predicted molar refractivity (Wildman–Crippen MR) is 134 cm³/mol. The monoisotopic (exact) mass is 519 g/mol. The summed E-state index contributed by atoms with van der Waals surface area (Å²) in [5, 5.41) is 6.76. The van der Waals surface area contributed by atoms with Crippen molar-refractivity contribution in [1.82, 2.24) is 19.5 Å². The Bertz CT molecular complexity index is 1200. The summed E-state index contributed by atoms with van der Waals surface area (Å²) in [7, 11) is 0. The molecule has 9 nitrogen and oxygen atoms in total. The van der Waals surface area contributed by atoms with Gasteiger partial charge in [0.1, 0.15) is 11.3 Å². The highest BCUT2D eigenvalue weighted by atomic mass is 19.4. The lowest BCUT2D eigenvalue weighted by molar-refractivity contribution is -0.274. The van der Waals surface area contributed by atoms with Gasteiger partial charge >= 0.3 is 6.36 Å². The van der Waals surface area contributed by atoms with Crippen LogP contribution in [0.2, 0.25) is 0 Å². The fourth-order valence-corrected chi connectivity index (χ4v) is 5.11. The van der Waals surface area contributed by atoms with Gasteiger partial charge in [-0.05, 0) is 82.2 Å². The molecule has 0 bridgehead atoms. The van der Waals surface area contributed by atoms with Gasteiger partial charge in [0.25, 0.3) is 0 Å². The molecule has 3 heterocycles. The molecule has 2 fully saturated rings. The van der Waals surface area contributed by atoms with Crippen molar-refractivity contribution in [3.05, 3.63) is 30.5 Å². The highest BCUT2D eigenvalue weighted by Crippen LogP contribution is 2.37. The van der Waals surface area contributed by atoms with Gasteiger partial charge in [0.05, 0.1) is 6.20 Å². The number of nitrogens with one attached hydrogen (secondary N) is 2.